The van der Waals surface area contributed by atoms with Crippen molar-refractivity contribution in [1.82, 2.24) is 5.32 Å². The minimum absolute atomic E-state index is 0.547. The van der Waals surface area contributed by atoms with Gasteiger partial charge in [0.15, 0.2) is 0 Å². The number of hydrogen-bond donors (Lipinski definition) is 1. The second-order valence-electron chi connectivity index (χ2n) is 6.27. The number of ether oxygens (including phenoxy) is 1. The second-order valence-corrected chi connectivity index (χ2v) is 6.27. The maximum Gasteiger partial charge on any atom is 0.0462 e. The standard InChI is InChI=1S/C19H31NO/c1-3-14-20-19-17(10-6-7-15-21-2)12-8-11-16-9-4-5-13-18(16)19/h4-5,9,13,17,19-20H,3,6-8,10-12,14-15H2,1-2H3. The van der Waals surface area contributed by atoms with Crippen LogP contribution in [0.1, 0.15) is 62.6 Å². The quantitative estimate of drug-likeness (QED) is 0.562. The highest BCUT2D eigenvalue weighted by Gasteiger charge is 2.26. The molecule has 1 aliphatic rings. The van der Waals surface area contributed by atoms with Gasteiger partial charge in [-0.25, -0.2) is 0 Å². The monoisotopic (exact) mass is 289 g/mol. The van der Waals surface area contributed by atoms with E-state index in [-0.39, 0.29) is 0 Å². The molecule has 0 saturated heterocycles. The molecule has 0 aromatic heterocycles. The van der Waals surface area contributed by atoms with Crippen LogP contribution in [-0.4, -0.2) is 20.3 Å². The van der Waals surface area contributed by atoms with Gasteiger partial charge in [-0.15, -0.1) is 0 Å². The van der Waals surface area contributed by atoms with Crippen molar-refractivity contribution in [2.24, 2.45) is 5.92 Å². The number of hydrogen-bond acceptors (Lipinski definition) is 2. The van der Waals surface area contributed by atoms with Gasteiger partial charge in [0.2, 0.25) is 0 Å². The van der Waals surface area contributed by atoms with Crippen LogP contribution in [0, 0.1) is 5.92 Å². The van der Waals surface area contributed by atoms with E-state index in [1.165, 1.54) is 44.9 Å². The van der Waals surface area contributed by atoms with Crippen molar-refractivity contribution in [1.29, 1.82) is 0 Å². The van der Waals surface area contributed by atoms with Gasteiger partial charge >= 0.3 is 0 Å². The highest BCUT2D eigenvalue weighted by atomic mass is 16.5. The molecule has 0 spiro atoms. The van der Waals surface area contributed by atoms with Gasteiger partial charge in [0.05, 0.1) is 0 Å². The largest absolute Gasteiger partial charge is 0.385 e. The lowest BCUT2D eigenvalue weighted by Gasteiger charge is -2.28. The van der Waals surface area contributed by atoms with Crippen molar-refractivity contribution in [3.63, 3.8) is 0 Å². The van der Waals surface area contributed by atoms with Gasteiger partial charge in [0.25, 0.3) is 0 Å². The third-order valence-corrected chi connectivity index (χ3v) is 4.67. The highest BCUT2D eigenvalue weighted by molar-refractivity contribution is 5.31. The number of fused-ring (bicyclic) bond motifs is 1. The molecule has 0 saturated carbocycles. The lowest BCUT2D eigenvalue weighted by Crippen LogP contribution is -2.29. The summed E-state index contributed by atoms with van der Waals surface area (Å²) in [6.45, 7) is 4.27. The number of nitrogens with one attached hydrogen (secondary N) is 1. The lowest BCUT2D eigenvalue weighted by atomic mass is 9.86. The number of aryl methyl sites for hydroxylation is 1. The van der Waals surface area contributed by atoms with Gasteiger partial charge < -0.3 is 10.1 Å². The molecule has 1 aromatic rings. The zero-order valence-electron chi connectivity index (χ0n) is 13.7. The van der Waals surface area contributed by atoms with E-state index in [9.17, 15) is 0 Å². The molecule has 1 N–H and O–H groups in total. The van der Waals surface area contributed by atoms with Crippen LogP contribution >= 0.6 is 0 Å². The molecule has 2 nitrogen and oxygen atoms in total. The van der Waals surface area contributed by atoms with E-state index in [2.05, 4.69) is 36.5 Å². The molecule has 1 aromatic carbocycles. The van der Waals surface area contributed by atoms with Crippen LogP contribution in [-0.2, 0) is 11.2 Å². The first kappa shape index (κ1) is 16.5. The molecule has 0 radical (unpaired) electrons. The second kappa shape index (κ2) is 9.22. The topological polar surface area (TPSA) is 21.3 Å². The summed E-state index contributed by atoms with van der Waals surface area (Å²) in [5.74, 6) is 0.775. The molecule has 2 rings (SSSR count). The number of benzene rings is 1. The van der Waals surface area contributed by atoms with Gasteiger partial charge in [-0.3, -0.25) is 0 Å². The van der Waals surface area contributed by atoms with E-state index in [0.717, 1.165) is 19.1 Å². The van der Waals surface area contributed by atoms with Crippen molar-refractivity contribution >= 4 is 0 Å². The zero-order valence-corrected chi connectivity index (χ0v) is 13.7. The summed E-state index contributed by atoms with van der Waals surface area (Å²) in [6, 6.07) is 9.60. The summed E-state index contributed by atoms with van der Waals surface area (Å²) in [7, 11) is 1.80. The fourth-order valence-electron chi connectivity index (χ4n) is 3.58. The minimum Gasteiger partial charge on any atom is -0.385 e. The lowest BCUT2D eigenvalue weighted by molar-refractivity contribution is 0.187. The van der Waals surface area contributed by atoms with Crippen LogP contribution in [0.3, 0.4) is 0 Å². The molecule has 0 aliphatic heterocycles. The molecule has 2 atom stereocenters. The predicted molar refractivity (Wildman–Crippen MR) is 89.6 cm³/mol. The van der Waals surface area contributed by atoms with Gasteiger partial charge in [-0.1, -0.05) is 37.6 Å². The SMILES string of the molecule is CCCNC1c2ccccc2CCCC1CCCCOC. The fourth-order valence-corrected chi connectivity index (χ4v) is 3.58. The Morgan fingerprint density at radius 1 is 1.24 bits per heavy atom. The number of methoxy groups -OCH3 is 1. The van der Waals surface area contributed by atoms with Gasteiger partial charge in [-0.2, -0.15) is 0 Å². The molecule has 118 valence electrons. The normalized spacial score (nSPS) is 21.8. The first-order valence-corrected chi connectivity index (χ1v) is 8.67. The van der Waals surface area contributed by atoms with Crippen LogP contribution in [0.4, 0.5) is 0 Å². The van der Waals surface area contributed by atoms with E-state index >= 15 is 0 Å². The molecule has 21 heavy (non-hydrogen) atoms. The van der Waals surface area contributed by atoms with Crippen LogP contribution < -0.4 is 5.32 Å². The van der Waals surface area contributed by atoms with E-state index in [0.29, 0.717) is 6.04 Å². The Morgan fingerprint density at radius 2 is 2.10 bits per heavy atom. The van der Waals surface area contributed by atoms with Crippen molar-refractivity contribution < 1.29 is 4.74 Å². The molecule has 0 fully saturated rings. The van der Waals surface area contributed by atoms with E-state index < -0.39 is 0 Å². The number of rotatable bonds is 8. The first-order chi connectivity index (χ1) is 10.4. The third kappa shape index (κ3) is 4.82. The molecular formula is C19H31NO. The summed E-state index contributed by atoms with van der Waals surface area (Å²) in [6.07, 6.45) is 8.92. The summed E-state index contributed by atoms with van der Waals surface area (Å²) in [4.78, 5) is 0. The Labute approximate surface area is 130 Å². The average molecular weight is 289 g/mol. The van der Waals surface area contributed by atoms with E-state index in [1.807, 2.05) is 0 Å². The van der Waals surface area contributed by atoms with Crippen molar-refractivity contribution in [3.8, 4) is 0 Å². The predicted octanol–water partition coefficient (Wildman–Crippen LogP) is 4.50. The molecule has 2 heteroatoms. The zero-order chi connectivity index (χ0) is 14.9. The summed E-state index contributed by atoms with van der Waals surface area (Å²) >= 11 is 0. The molecule has 1 aliphatic carbocycles. The maximum absolute atomic E-state index is 5.19. The van der Waals surface area contributed by atoms with Gasteiger partial charge in [0, 0.05) is 19.8 Å². The first-order valence-electron chi connectivity index (χ1n) is 8.67. The molecule has 0 bridgehead atoms. The van der Waals surface area contributed by atoms with Crippen LogP contribution in [0.15, 0.2) is 24.3 Å². The fraction of sp³-hybridized carbons (Fsp3) is 0.684. The van der Waals surface area contributed by atoms with Gasteiger partial charge in [0.1, 0.15) is 0 Å². The van der Waals surface area contributed by atoms with E-state index in [4.69, 9.17) is 4.74 Å². The third-order valence-electron chi connectivity index (χ3n) is 4.67. The molecule has 0 amide bonds. The summed E-state index contributed by atoms with van der Waals surface area (Å²) < 4.78 is 5.19. The van der Waals surface area contributed by atoms with Crippen molar-refractivity contribution in [2.45, 2.75) is 57.9 Å². The number of unbranched alkanes of at least 4 members (excludes halogenated alkanes) is 1. The Hall–Kier alpha value is -0.860. The van der Waals surface area contributed by atoms with Crippen molar-refractivity contribution in [2.75, 3.05) is 20.3 Å². The smallest absolute Gasteiger partial charge is 0.0462 e. The average Bonchev–Trinajstić information content (AvgIpc) is 2.69. The van der Waals surface area contributed by atoms with E-state index in [1.54, 1.807) is 18.2 Å². The maximum atomic E-state index is 5.19. The minimum atomic E-state index is 0.547. The Morgan fingerprint density at radius 3 is 2.90 bits per heavy atom. The Kier molecular flexibility index (Phi) is 7.25. The Bertz CT molecular complexity index is 404. The van der Waals surface area contributed by atoms with Crippen LogP contribution in [0.25, 0.3) is 0 Å². The molecular weight excluding hydrogens is 258 g/mol. The van der Waals surface area contributed by atoms with Gasteiger partial charge in [-0.05, 0) is 62.1 Å². The highest BCUT2D eigenvalue weighted by Crippen LogP contribution is 2.36. The van der Waals surface area contributed by atoms with Crippen LogP contribution in [0.2, 0.25) is 0 Å². The Balaban J connectivity index is 2.06. The van der Waals surface area contributed by atoms with Crippen LogP contribution in [0.5, 0.6) is 0 Å². The van der Waals surface area contributed by atoms with Crippen molar-refractivity contribution in [3.05, 3.63) is 35.4 Å². The summed E-state index contributed by atoms with van der Waals surface area (Å²) in [5.41, 5.74) is 3.12. The summed E-state index contributed by atoms with van der Waals surface area (Å²) in [5, 5.41) is 3.83. The molecule has 2 unspecified atom stereocenters. The molecule has 0 heterocycles.